The van der Waals surface area contributed by atoms with Gasteiger partial charge in [-0.1, -0.05) is 15.9 Å². The molecule has 18 heavy (non-hydrogen) atoms. The third-order valence-corrected chi connectivity index (χ3v) is 4.41. The Hall–Kier alpha value is -1.32. The van der Waals surface area contributed by atoms with Crippen molar-refractivity contribution in [3.05, 3.63) is 21.7 Å². The lowest BCUT2D eigenvalue weighted by atomic mass is 9.72. The molecule has 0 saturated heterocycles. The van der Waals surface area contributed by atoms with Gasteiger partial charge in [0.2, 0.25) is 6.08 Å². The summed E-state index contributed by atoms with van der Waals surface area (Å²) in [5.41, 5.74) is 0.824. The van der Waals surface area contributed by atoms with E-state index in [1.807, 2.05) is 13.0 Å². The Kier molecular flexibility index (Phi) is 3.46. The predicted octanol–water partition coefficient (Wildman–Crippen LogP) is 3.19. The van der Waals surface area contributed by atoms with Gasteiger partial charge >= 0.3 is 0 Å². The van der Waals surface area contributed by atoms with E-state index in [0.717, 1.165) is 29.3 Å². The van der Waals surface area contributed by atoms with Crippen LogP contribution in [0.2, 0.25) is 0 Å². The van der Waals surface area contributed by atoms with Crippen LogP contribution in [-0.2, 0) is 10.3 Å². The lowest BCUT2D eigenvalue weighted by Gasteiger charge is -2.37. The molecule has 0 aliphatic heterocycles. The first-order valence-electron chi connectivity index (χ1n) is 5.71. The number of methoxy groups -OCH3 is 1. The molecule has 5 heteroatoms. The highest BCUT2D eigenvalue weighted by Gasteiger charge is 2.42. The number of aromatic hydroxyl groups is 1. The molecule has 1 N–H and O–H groups in total. The minimum Gasteiger partial charge on any atom is -0.504 e. The molecule has 1 aromatic carbocycles. The van der Waals surface area contributed by atoms with Crippen LogP contribution in [0, 0.1) is 6.92 Å². The molecule has 4 nitrogen and oxygen atoms in total. The number of hydrogen-bond acceptors (Lipinski definition) is 4. The average Bonchev–Trinajstić information content (AvgIpc) is 2.30. The molecule has 1 aliphatic rings. The zero-order chi connectivity index (χ0) is 13.3. The van der Waals surface area contributed by atoms with Crippen LogP contribution in [0.15, 0.2) is 15.5 Å². The largest absolute Gasteiger partial charge is 0.504 e. The maximum atomic E-state index is 10.6. The number of phenols is 1. The normalized spacial score (nSPS) is 16.6. The van der Waals surface area contributed by atoms with Gasteiger partial charge in [-0.25, -0.2) is 4.79 Å². The lowest BCUT2D eigenvalue weighted by Crippen LogP contribution is -2.32. The van der Waals surface area contributed by atoms with Crippen molar-refractivity contribution in [2.75, 3.05) is 7.11 Å². The van der Waals surface area contributed by atoms with Crippen molar-refractivity contribution in [1.29, 1.82) is 0 Å². The molecule has 2 rings (SSSR count). The summed E-state index contributed by atoms with van der Waals surface area (Å²) in [7, 11) is 1.51. The van der Waals surface area contributed by atoms with Gasteiger partial charge in [-0.2, -0.15) is 4.99 Å². The Labute approximate surface area is 114 Å². The van der Waals surface area contributed by atoms with Crippen LogP contribution in [0.25, 0.3) is 0 Å². The highest BCUT2D eigenvalue weighted by Crippen LogP contribution is 2.51. The van der Waals surface area contributed by atoms with Gasteiger partial charge in [-0.3, -0.25) is 0 Å². The quantitative estimate of drug-likeness (QED) is 0.689. The number of aliphatic imine (C=N–C) groups is 1. The Bertz CT molecular complexity index is 532. The fraction of sp³-hybridized carbons (Fsp3) is 0.462. The molecule has 0 amide bonds. The van der Waals surface area contributed by atoms with Gasteiger partial charge in [0, 0.05) is 15.6 Å². The molecule has 1 aromatic rings. The molecule has 1 aliphatic carbocycles. The van der Waals surface area contributed by atoms with Crippen LogP contribution in [0.5, 0.6) is 11.5 Å². The van der Waals surface area contributed by atoms with Crippen molar-refractivity contribution in [3.63, 3.8) is 0 Å². The zero-order valence-corrected chi connectivity index (χ0v) is 11.9. The lowest BCUT2D eigenvalue weighted by molar-refractivity contribution is 0.244. The van der Waals surface area contributed by atoms with Gasteiger partial charge in [-0.15, -0.1) is 0 Å². The van der Waals surface area contributed by atoms with Crippen LogP contribution in [0.3, 0.4) is 0 Å². The summed E-state index contributed by atoms with van der Waals surface area (Å²) in [6, 6.07) is 1.81. The number of halogens is 1. The van der Waals surface area contributed by atoms with Crippen molar-refractivity contribution in [1.82, 2.24) is 0 Å². The Morgan fingerprint density at radius 2 is 2.22 bits per heavy atom. The molecule has 0 spiro atoms. The van der Waals surface area contributed by atoms with Gasteiger partial charge in [0.25, 0.3) is 0 Å². The third-order valence-electron chi connectivity index (χ3n) is 3.59. The monoisotopic (exact) mass is 311 g/mol. The molecular weight excluding hydrogens is 298 g/mol. The smallest absolute Gasteiger partial charge is 0.235 e. The number of phenolic OH excluding ortho intramolecular Hbond substituents is 1. The van der Waals surface area contributed by atoms with Crippen LogP contribution >= 0.6 is 15.9 Å². The molecular formula is C13H14BrNO3. The summed E-state index contributed by atoms with van der Waals surface area (Å²) in [4.78, 5) is 14.5. The number of carbonyl (C=O) groups excluding carboxylic acids is 1. The van der Waals surface area contributed by atoms with E-state index in [9.17, 15) is 9.90 Å². The van der Waals surface area contributed by atoms with Crippen molar-refractivity contribution < 1.29 is 14.6 Å². The van der Waals surface area contributed by atoms with E-state index in [1.165, 1.54) is 7.11 Å². The molecule has 0 unspecified atom stereocenters. The minimum atomic E-state index is -0.630. The Balaban J connectivity index is 2.64. The number of ether oxygens (including phenoxy) is 1. The van der Waals surface area contributed by atoms with E-state index in [4.69, 9.17) is 4.74 Å². The molecule has 0 bridgehead atoms. The molecule has 0 aromatic heterocycles. The van der Waals surface area contributed by atoms with Crippen molar-refractivity contribution in [3.8, 4) is 11.5 Å². The van der Waals surface area contributed by atoms with E-state index in [2.05, 4.69) is 20.9 Å². The van der Waals surface area contributed by atoms with Crippen LogP contribution in [0.1, 0.15) is 30.4 Å². The summed E-state index contributed by atoms with van der Waals surface area (Å²) < 4.78 is 6.05. The van der Waals surface area contributed by atoms with Gasteiger partial charge in [0.05, 0.1) is 7.11 Å². The zero-order valence-electron chi connectivity index (χ0n) is 10.3. The molecule has 0 heterocycles. The highest BCUT2D eigenvalue weighted by molar-refractivity contribution is 9.10. The van der Waals surface area contributed by atoms with E-state index in [1.54, 1.807) is 6.08 Å². The maximum absolute atomic E-state index is 10.6. The Morgan fingerprint density at radius 1 is 1.56 bits per heavy atom. The number of rotatable bonds is 3. The molecule has 96 valence electrons. The topological polar surface area (TPSA) is 58.9 Å². The van der Waals surface area contributed by atoms with Gasteiger partial charge in [0.1, 0.15) is 5.54 Å². The second kappa shape index (κ2) is 4.75. The van der Waals surface area contributed by atoms with Crippen LogP contribution in [0.4, 0.5) is 0 Å². The fourth-order valence-electron chi connectivity index (χ4n) is 2.36. The molecule has 1 saturated carbocycles. The van der Waals surface area contributed by atoms with Crippen molar-refractivity contribution in [2.24, 2.45) is 4.99 Å². The number of hydrogen-bond donors (Lipinski definition) is 1. The standard InChI is InChI=1S/C13H14BrNO3/c1-8-10(14)6-9(11(17)12(8)18-2)13(15-7-16)4-3-5-13/h6,17H,3-5H2,1-2H3. The number of nitrogens with zero attached hydrogens (tertiary/aromatic N) is 1. The molecule has 0 atom stereocenters. The van der Waals surface area contributed by atoms with Crippen LogP contribution in [-0.4, -0.2) is 18.3 Å². The number of isocyanates is 1. The van der Waals surface area contributed by atoms with Crippen LogP contribution < -0.4 is 4.74 Å². The molecule has 1 fully saturated rings. The summed E-state index contributed by atoms with van der Waals surface area (Å²) >= 11 is 3.44. The van der Waals surface area contributed by atoms with Crippen molar-refractivity contribution >= 4 is 22.0 Å². The minimum absolute atomic E-state index is 0.0666. The molecule has 0 radical (unpaired) electrons. The second-order valence-corrected chi connectivity index (χ2v) is 5.36. The van der Waals surface area contributed by atoms with Crippen molar-refractivity contribution in [2.45, 2.75) is 31.7 Å². The predicted molar refractivity (Wildman–Crippen MR) is 70.7 cm³/mol. The van der Waals surface area contributed by atoms with E-state index < -0.39 is 5.54 Å². The summed E-state index contributed by atoms with van der Waals surface area (Å²) in [6.45, 7) is 1.85. The first kappa shape index (κ1) is 13.1. The summed E-state index contributed by atoms with van der Waals surface area (Å²) in [5.74, 6) is 0.489. The van der Waals surface area contributed by atoms with Gasteiger partial charge in [0.15, 0.2) is 11.5 Å². The number of benzene rings is 1. The van der Waals surface area contributed by atoms with Gasteiger partial charge in [-0.05, 0) is 32.3 Å². The summed E-state index contributed by atoms with van der Waals surface area (Å²) in [6.07, 6.45) is 4.09. The van der Waals surface area contributed by atoms with E-state index in [-0.39, 0.29) is 5.75 Å². The average molecular weight is 312 g/mol. The highest BCUT2D eigenvalue weighted by atomic mass is 79.9. The third kappa shape index (κ3) is 1.84. The van der Waals surface area contributed by atoms with E-state index >= 15 is 0 Å². The fourth-order valence-corrected chi connectivity index (χ4v) is 2.77. The Morgan fingerprint density at radius 3 is 2.67 bits per heavy atom. The summed E-state index contributed by atoms with van der Waals surface area (Å²) in [5, 5.41) is 10.3. The first-order chi connectivity index (χ1) is 8.55. The SMILES string of the molecule is COc1c(C)c(Br)cc(C2(N=C=O)CCC2)c1O. The van der Waals surface area contributed by atoms with E-state index in [0.29, 0.717) is 11.3 Å². The maximum Gasteiger partial charge on any atom is 0.235 e. The van der Waals surface area contributed by atoms with Gasteiger partial charge < -0.3 is 9.84 Å². The first-order valence-corrected chi connectivity index (χ1v) is 6.50. The second-order valence-electron chi connectivity index (χ2n) is 4.50.